The number of amides is 1. The third kappa shape index (κ3) is 5.89. The number of benzene rings is 2. The molecule has 0 spiro atoms. The summed E-state index contributed by atoms with van der Waals surface area (Å²) < 4.78 is 0. The quantitative estimate of drug-likeness (QED) is 0.745. The van der Waals surface area contributed by atoms with Crippen molar-refractivity contribution in [2.45, 2.75) is 12.7 Å². The van der Waals surface area contributed by atoms with Gasteiger partial charge in [0.05, 0.1) is 17.1 Å². The molecule has 1 heterocycles. The number of anilines is 2. The van der Waals surface area contributed by atoms with E-state index in [0.717, 1.165) is 54.9 Å². The molecule has 2 aromatic carbocycles. The summed E-state index contributed by atoms with van der Waals surface area (Å²) in [4.78, 5) is 17.2. The number of nitrogens with one attached hydrogen (secondary N) is 1. The van der Waals surface area contributed by atoms with Crippen LogP contribution in [0.5, 0.6) is 0 Å². The second-order valence-electron chi connectivity index (χ2n) is 6.61. The molecule has 144 valence electrons. The molecule has 0 saturated carbocycles. The maximum Gasteiger partial charge on any atom is 0.234 e. The van der Waals surface area contributed by atoms with Gasteiger partial charge < -0.3 is 15.1 Å². The predicted molar refractivity (Wildman–Crippen MR) is 117 cm³/mol. The summed E-state index contributed by atoms with van der Waals surface area (Å²) in [5, 5.41) is 3.83. The van der Waals surface area contributed by atoms with Crippen molar-refractivity contribution in [1.29, 1.82) is 0 Å². The van der Waals surface area contributed by atoms with Crippen molar-refractivity contribution in [2.75, 3.05) is 48.7 Å². The molecule has 27 heavy (non-hydrogen) atoms. The van der Waals surface area contributed by atoms with Crippen molar-refractivity contribution < 1.29 is 4.79 Å². The Morgan fingerprint density at radius 3 is 2.48 bits per heavy atom. The summed E-state index contributed by atoms with van der Waals surface area (Å²) in [6, 6.07) is 15.9. The SMILES string of the molecule is CCN1CCN(c2ccccc2NC(=O)CSCc2ccc(Cl)cc2)CC1. The number of likely N-dealkylation sites (N-methyl/N-ethyl adjacent to an activating group) is 1. The van der Waals surface area contributed by atoms with Crippen LogP contribution in [-0.2, 0) is 10.5 Å². The number of nitrogens with zero attached hydrogens (tertiary/aromatic N) is 2. The minimum absolute atomic E-state index is 0.0357. The van der Waals surface area contributed by atoms with Crippen molar-refractivity contribution >= 4 is 40.6 Å². The zero-order valence-corrected chi connectivity index (χ0v) is 17.2. The number of carbonyl (C=O) groups is 1. The number of carbonyl (C=O) groups excluding carboxylic acids is 1. The highest BCUT2D eigenvalue weighted by Crippen LogP contribution is 2.27. The van der Waals surface area contributed by atoms with Gasteiger partial charge in [0.2, 0.25) is 5.91 Å². The predicted octanol–water partition coefficient (Wildman–Crippen LogP) is 4.35. The molecule has 0 bridgehead atoms. The maximum atomic E-state index is 12.4. The molecule has 1 aliphatic heterocycles. The Bertz CT molecular complexity index is 745. The summed E-state index contributed by atoms with van der Waals surface area (Å²) in [6.07, 6.45) is 0. The van der Waals surface area contributed by atoms with E-state index in [1.54, 1.807) is 11.8 Å². The third-order valence-corrected chi connectivity index (χ3v) is 6.01. The lowest BCUT2D eigenvalue weighted by Crippen LogP contribution is -2.46. The van der Waals surface area contributed by atoms with Crippen LogP contribution in [0.15, 0.2) is 48.5 Å². The van der Waals surface area contributed by atoms with E-state index in [9.17, 15) is 4.79 Å². The fourth-order valence-corrected chi connectivity index (χ4v) is 4.10. The number of halogens is 1. The van der Waals surface area contributed by atoms with Gasteiger partial charge in [-0.2, -0.15) is 0 Å². The van der Waals surface area contributed by atoms with Crippen molar-refractivity contribution in [2.24, 2.45) is 0 Å². The molecule has 1 aliphatic rings. The highest BCUT2D eigenvalue weighted by molar-refractivity contribution is 7.99. The molecule has 1 saturated heterocycles. The van der Waals surface area contributed by atoms with Gasteiger partial charge in [-0.1, -0.05) is 42.8 Å². The molecule has 3 rings (SSSR count). The number of rotatable bonds is 7. The Morgan fingerprint density at radius 1 is 1.07 bits per heavy atom. The van der Waals surface area contributed by atoms with E-state index >= 15 is 0 Å². The van der Waals surface area contributed by atoms with Crippen LogP contribution in [0.4, 0.5) is 11.4 Å². The number of thioether (sulfide) groups is 1. The van der Waals surface area contributed by atoms with E-state index in [2.05, 4.69) is 28.1 Å². The second-order valence-corrected chi connectivity index (χ2v) is 8.03. The molecule has 1 N–H and O–H groups in total. The van der Waals surface area contributed by atoms with E-state index in [0.29, 0.717) is 5.75 Å². The van der Waals surface area contributed by atoms with Gasteiger partial charge in [-0.25, -0.2) is 0 Å². The lowest BCUT2D eigenvalue weighted by molar-refractivity contribution is -0.113. The van der Waals surface area contributed by atoms with Crippen LogP contribution < -0.4 is 10.2 Å². The monoisotopic (exact) mass is 403 g/mol. The van der Waals surface area contributed by atoms with Crippen LogP contribution >= 0.6 is 23.4 Å². The van der Waals surface area contributed by atoms with Gasteiger partial charge >= 0.3 is 0 Å². The van der Waals surface area contributed by atoms with Crippen LogP contribution in [0.1, 0.15) is 12.5 Å². The van der Waals surface area contributed by atoms with Gasteiger partial charge in [-0.05, 0) is 36.4 Å². The Labute approximate surface area is 170 Å². The summed E-state index contributed by atoms with van der Waals surface area (Å²) in [7, 11) is 0. The van der Waals surface area contributed by atoms with Crippen molar-refractivity contribution in [3.05, 3.63) is 59.1 Å². The van der Waals surface area contributed by atoms with Crippen molar-refractivity contribution in [3.8, 4) is 0 Å². The topological polar surface area (TPSA) is 35.6 Å². The summed E-state index contributed by atoms with van der Waals surface area (Å²) in [6.45, 7) is 7.41. The van der Waals surface area contributed by atoms with Gasteiger partial charge in [0.15, 0.2) is 0 Å². The zero-order chi connectivity index (χ0) is 19.1. The summed E-state index contributed by atoms with van der Waals surface area (Å²) in [5.41, 5.74) is 3.19. The Hall–Kier alpha value is -1.69. The number of hydrogen-bond acceptors (Lipinski definition) is 4. The van der Waals surface area contributed by atoms with Crippen LogP contribution in [0.25, 0.3) is 0 Å². The van der Waals surface area contributed by atoms with Gasteiger partial charge in [-0.15, -0.1) is 11.8 Å². The lowest BCUT2D eigenvalue weighted by atomic mass is 10.2. The van der Waals surface area contributed by atoms with Crippen molar-refractivity contribution in [3.63, 3.8) is 0 Å². The van der Waals surface area contributed by atoms with E-state index in [-0.39, 0.29) is 5.91 Å². The van der Waals surface area contributed by atoms with Crippen LogP contribution in [0, 0.1) is 0 Å². The molecular weight excluding hydrogens is 378 g/mol. The molecule has 6 heteroatoms. The fraction of sp³-hybridized carbons (Fsp3) is 0.381. The average molecular weight is 404 g/mol. The first kappa shape index (κ1) is 20.1. The molecular formula is C21H26ClN3OS. The Kier molecular flexibility index (Phi) is 7.44. The Morgan fingerprint density at radius 2 is 1.78 bits per heavy atom. The molecule has 4 nitrogen and oxygen atoms in total. The molecule has 0 unspecified atom stereocenters. The van der Waals surface area contributed by atoms with Gasteiger partial charge in [0.25, 0.3) is 0 Å². The minimum atomic E-state index is 0.0357. The second kappa shape index (κ2) is 10.0. The molecule has 2 aromatic rings. The zero-order valence-electron chi connectivity index (χ0n) is 15.7. The van der Waals surface area contributed by atoms with E-state index in [1.807, 2.05) is 42.5 Å². The van der Waals surface area contributed by atoms with E-state index in [1.165, 1.54) is 5.56 Å². The number of para-hydroxylation sites is 2. The van der Waals surface area contributed by atoms with Crippen LogP contribution in [0.2, 0.25) is 5.02 Å². The first-order valence-electron chi connectivity index (χ1n) is 9.34. The minimum Gasteiger partial charge on any atom is -0.367 e. The molecule has 1 fully saturated rings. The number of piperazine rings is 1. The first-order valence-corrected chi connectivity index (χ1v) is 10.9. The Balaban J connectivity index is 1.52. The molecule has 1 amide bonds. The third-order valence-electron chi connectivity index (χ3n) is 4.75. The summed E-state index contributed by atoms with van der Waals surface area (Å²) in [5.74, 6) is 1.26. The molecule has 0 aliphatic carbocycles. The van der Waals surface area contributed by atoms with Gasteiger partial charge in [-0.3, -0.25) is 4.79 Å². The van der Waals surface area contributed by atoms with Gasteiger partial charge in [0.1, 0.15) is 0 Å². The lowest BCUT2D eigenvalue weighted by Gasteiger charge is -2.36. The van der Waals surface area contributed by atoms with Crippen molar-refractivity contribution in [1.82, 2.24) is 4.90 Å². The highest BCUT2D eigenvalue weighted by atomic mass is 35.5. The summed E-state index contributed by atoms with van der Waals surface area (Å²) >= 11 is 7.51. The van der Waals surface area contributed by atoms with Crippen LogP contribution in [-0.4, -0.2) is 49.3 Å². The smallest absolute Gasteiger partial charge is 0.234 e. The average Bonchev–Trinajstić information content (AvgIpc) is 2.70. The standard InChI is InChI=1S/C21H26ClN3OS/c1-2-24-11-13-25(14-12-24)20-6-4-3-5-19(20)23-21(26)16-27-15-17-7-9-18(22)10-8-17/h3-10H,2,11-16H2,1H3,(H,23,26). The largest absolute Gasteiger partial charge is 0.367 e. The normalized spacial score (nSPS) is 15.0. The fourth-order valence-electron chi connectivity index (χ4n) is 3.19. The van der Waals surface area contributed by atoms with E-state index in [4.69, 9.17) is 11.6 Å². The molecule has 0 atom stereocenters. The highest BCUT2D eigenvalue weighted by Gasteiger charge is 2.18. The molecule has 0 radical (unpaired) electrons. The molecule has 0 aromatic heterocycles. The van der Waals surface area contributed by atoms with Crippen LogP contribution in [0.3, 0.4) is 0 Å². The number of hydrogen-bond donors (Lipinski definition) is 1. The first-order chi connectivity index (χ1) is 13.2. The van der Waals surface area contributed by atoms with E-state index < -0.39 is 0 Å². The maximum absolute atomic E-state index is 12.4. The van der Waals surface area contributed by atoms with Gasteiger partial charge in [0, 0.05) is 37.0 Å².